The number of carbonyl (C=O) groups is 2. The zero-order valence-electron chi connectivity index (χ0n) is 15.4. The molecule has 1 aliphatic rings. The molecule has 0 radical (unpaired) electrons. The molecular weight excluding hydrogens is 357 g/mol. The predicted octanol–water partition coefficient (Wildman–Crippen LogP) is -0.887. The van der Waals surface area contributed by atoms with Gasteiger partial charge in [0.05, 0.1) is 12.5 Å². The highest BCUT2D eigenvalue weighted by Gasteiger charge is 2.43. The molecule has 4 atom stereocenters. The van der Waals surface area contributed by atoms with Crippen LogP contribution < -0.4 is 10.6 Å². The quantitative estimate of drug-likeness (QED) is 0.464. The smallest absolute Gasteiger partial charge is 0.251 e. The molecule has 1 aromatic carbocycles. The fraction of sp³-hybridized carbons (Fsp3) is 0.556. The maximum atomic E-state index is 13.2. The van der Waals surface area contributed by atoms with Crippen LogP contribution in [0.1, 0.15) is 16.8 Å². The standard InChI is InChI=1S/C18H26FN3O5/c1-22(2)7-6-20-15(23)9-13-16(24)17(25)14(27-13)10-21-18(26)11-4-3-5-12(19)8-11/h3-5,8,13-14,16-17,24-25H,6-7,9-10H2,1-2H3,(H,20,23)(H,21,26). The summed E-state index contributed by atoms with van der Waals surface area (Å²) in [6.07, 6.45) is -4.30. The maximum absolute atomic E-state index is 13.2. The Balaban J connectivity index is 1.81. The fourth-order valence-corrected chi connectivity index (χ4v) is 2.76. The zero-order chi connectivity index (χ0) is 20.0. The summed E-state index contributed by atoms with van der Waals surface area (Å²) < 4.78 is 18.7. The van der Waals surface area contributed by atoms with E-state index in [0.29, 0.717) is 13.1 Å². The Morgan fingerprint density at radius 2 is 1.89 bits per heavy atom. The lowest BCUT2D eigenvalue weighted by atomic mass is 10.1. The van der Waals surface area contributed by atoms with Crippen LogP contribution in [0.3, 0.4) is 0 Å². The van der Waals surface area contributed by atoms with Crippen molar-refractivity contribution in [3.05, 3.63) is 35.6 Å². The van der Waals surface area contributed by atoms with E-state index in [1.54, 1.807) is 0 Å². The van der Waals surface area contributed by atoms with Crippen molar-refractivity contribution in [2.75, 3.05) is 33.7 Å². The van der Waals surface area contributed by atoms with E-state index in [1.165, 1.54) is 18.2 Å². The largest absolute Gasteiger partial charge is 0.388 e. The maximum Gasteiger partial charge on any atom is 0.251 e. The van der Waals surface area contributed by atoms with Crippen molar-refractivity contribution in [1.82, 2.24) is 15.5 Å². The average Bonchev–Trinajstić information content (AvgIpc) is 2.87. The van der Waals surface area contributed by atoms with Crippen LogP contribution in [-0.2, 0) is 9.53 Å². The Labute approximate surface area is 157 Å². The summed E-state index contributed by atoms with van der Waals surface area (Å²) in [5, 5.41) is 25.4. The first-order chi connectivity index (χ1) is 12.8. The van der Waals surface area contributed by atoms with Crippen LogP contribution in [0, 0.1) is 5.82 Å². The summed E-state index contributed by atoms with van der Waals surface area (Å²) in [5.74, 6) is -1.35. The fourth-order valence-electron chi connectivity index (χ4n) is 2.76. The first kappa shape index (κ1) is 21.2. The Morgan fingerprint density at radius 1 is 1.19 bits per heavy atom. The van der Waals surface area contributed by atoms with Crippen molar-refractivity contribution < 1.29 is 28.9 Å². The first-order valence-corrected chi connectivity index (χ1v) is 8.74. The van der Waals surface area contributed by atoms with Crippen molar-refractivity contribution in [3.8, 4) is 0 Å². The first-order valence-electron chi connectivity index (χ1n) is 8.74. The highest BCUT2D eigenvalue weighted by Crippen LogP contribution is 2.23. The molecule has 1 fully saturated rings. The molecule has 0 saturated carbocycles. The number of benzene rings is 1. The van der Waals surface area contributed by atoms with Gasteiger partial charge in [0.15, 0.2) is 0 Å². The summed E-state index contributed by atoms with van der Waals surface area (Å²) in [6.45, 7) is 1.06. The molecule has 1 aliphatic heterocycles. The van der Waals surface area contributed by atoms with Gasteiger partial charge in [0.2, 0.25) is 5.91 Å². The molecule has 4 unspecified atom stereocenters. The van der Waals surface area contributed by atoms with E-state index in [0.717, 1.165) is 6.07 Å². The normalized spacial score (nSPS) is 24.8. The van der Waals surface area contributed by atoms with Gasteiger partial charge < -0.3 is 30.5 Å². The Bertz CT molecular complexity index is 658. The minimum atomic E-state index is -1.24. The molecule has 2 rings (SSSR count). The molecule has 0 spiro atoms. The number of aliphatic hydroxyl groups is 2. The highest BCUT2D eigenvalue weighted by molar-refractivity contribution is 5.94. The molecule has 2 amide bonds. The van der Waals surface area contributed by atoms with E-state index < -0.39 is 36.1 Å². The minimum absolute atomic E-state index is 0.0771. The van der Waals surface area contributed by atoms with Crippen LogP contribution in [0.25, 0.3) is 0 Å². The van der Waals surface area contributed by atoms with E-state index in [1.807, 2.05) is 19.0 Å². The average molecular weight is 383 g/mol. The van der Waals surface area contributed by atoms with Crippen LogP contribution in [0.4, 0.5) is 4.39 Å². The number of rotatable bonds is 8. The van der Waals surface area contributed by atoms with E-state index >= 15 is 0 Å². The van der Waals surface area contributed by atoms with Gasteiger partial charge in [0.1, 0.15) is 24.1 Å². The van der Waals surface area contributed by atoms with Gasteiger partial charge in [-0.2, -0.15) is 0 Å². The molecule has 9 heteroatoms. The van der Waals surface area contributed by atoms with Crippen LogP contribution >= 0.6 is 0 Å². The summed E-state index contributed by atoms with van der Waals surface area (Å²) in [5.41, 5.74) is 0.139. The molecule has 0 bridgehead atoms. The van der Waals surface area contributed by atoms with Gasteiger partial charge in [-0.05, 0) is 32.3 Å². The molecule has 4 N–H and O–H groups in total. The number of halogens is 1. The van der Waals surface area contributed by atoms with Crippen LogP contribution in [-0.4, -0.2) is 85.1 Å². The molecule has 0 aliphatic carbocycles. The third-order valence-corrected chi connectivity index (χ3v) is 4.28. The van der Waals surface area contributed by atoms with Gasteiger partial charge in [-0.3, -0.25) is 9.59 Å². The van der Waals surface area contributed by atoms with Crippen molar-refractivity contribution in [3.63, 3.8) is 0 Å². The second kappa shape index (κ2) is 9.75. The van der Waals surface area contributed by atoms with Crippen LogP contribution in [0.5, 0.6) is 0 Å². The third-order valence-electron chi connectivity index (χ3n) is 4.28. The third kappa shape index (κ3) is 6.24. The second-order valence-corrected chi connectivity index (χ2v) is 6.77. The van der Waals surface area contributed by atoms with Gasteiger partial charge in [0, 0.05) is 25.2 Å². The predicted molar refractivity (Wildman–Crippen MR) is 95.6 cm³/mol. The summed E-state index contributed by atoms with van der Waals surface area (Å²) >= 11 is 0. The van der Waals surface area contributed by atoms with Crippen LogP contribution in [0.15, 0.2) is 24.3 Å². The number of nitrogens with zero attached hydrogens (tertiary/aromatic N) is 1. The van der Waals surface area contributed by atoms with Crippen molar-refractivity contribution >= 4 is 11.8 Å². The minimum Gasteiger partial charge on any atom is -0.388 e. The van der Waals surface area contributed by atoms with Crippen molar-refractivity contribution in [1.29, 1.82) is 0 Å². The molecule has 27 heavy (non-hydrogen) atoms. The lowest BCUT2D eigenvalue weighted by molar-refractivity contribution is -0.125. The van der Waals surface area contributed by atoms with Crippen molar-refractivity contribution in [2.24, 2.45) is 0 Å². The molecule has 0 aromatic heterocycles. The summed E-state index contributed by atoms with van der Waals surface area (Å²) in [6, 6.07) is 5.20. The molecule has 1 aromatic rings. The van der Waals surface area contributed by atoms with E-state index in [9.17, 15) is 24.2 Å². The monoisotopic (exact) mass is 383 g/mol. The number of nitrogens with one attached hydrogen (secondary N) is 2. The summed E-state index contributed by atoms with van der Waals surface area (Å²) in [4.78, 5) is 25.9. The van der Waals surface area contributed by atoms with Gasteiger partial charge in [0.25, 0.3) is 5.91 Å². The lowest BCUT2D eigenvalue weighted by Crippen LogP contribution is -2.40. The van der Waals surface area contributed by atoms with Gasteiger partial charge >= 0.3 is 0 Å². The molecule has 150 valence electrons. The van der Waals surface area contributed by atoms with E-state index in [4.69, 9.17) is 4.74 Å². The Kier molecular flexibility index (Phi) is 7.66. The molecule has 1 heterocycles. The Morgan fingerprint density at radius 3 is 2.56 bits per heavy atom. The number of amides is 2. The topological polar surface area (TPSA) is 111 Å². The Hall–Kier alpha value is -2.07. The number of ether oxygens (including phenoxy) is 1. The number of aliphatic hydroxyl groups excluding tert-OH is 2. The number of hydrogen-bond donors (Lipinski definition) is 4. The second-order valence-electron chi connectivity index (χ2n) is 6.77. The highest BCUT2D eigenvalue weighted by atomic mass is 19.1. The van der Waals surface area contributed by atoms with Gasteiger partial charge in [-0.25, -0.2) is 4.39 Å². The molecule has 1 saturated heterocycles. The number of carbonyl (C=O) groups excluding carboxylic acids is 2. The number of likely N-dealkylation sites (N-methyl/N-ethyl adjacent to an activating group) is 1. The SMILES string of the molecule is CN(C)CCNC(=O)CC1OC(CNC(=O)c2cccc(F)c2)C(O)C1O. The lowest BCUT2D eigenvalue weighted by Gasteiger charge is -2.15. The van der Waals surface area contributed by atoms with E-state index in [-0.39, 0.29) is 24.4 Å². The molecular formula is C18H26FN3O5. The van der Waals surface area contributed by atoms with Crippen molar-refractivity contribution in [2.45, 2.75) is 30.8 Å². The molecule has 8 nitrogen and oxygen atoms in total. The van der Waals surface area contributed by atoms with Crippen LogP contribution in [0.2, 0.25) is 0 Å². The van der Waals surface area contributed by atoms with Gasteiger partial charge in [-0.1, -0.05) is 6.07 Å². The number of hydrogen-bond acceptors (Lipinski definition) is 6. The van der Waals surface area contributed by atoms with Gasteiger partial charge in [-0.15, -0.1) is 0 Å². The van der Waals surface area contributed by atoms with E-state index in [2.05, 4.69) is 10.6 Å². The summed E-state index contributed by atoms with van der Waals surface area (Å²) in [7, 11) is 3.77. The zero-order valence-corrected chi connectivity index (χ0v) is 15.4.